The van der Waals surface area contributed by atoms with Gasteiger partial charge in [-0.25, -0.2) is 4.79 Å². The summed E-state index contributed by atoms with van der Waals surface area (Å²) in [4.78, 5) is 23.5. The molecule has 1 aromatic rings. The number of Topliss-reactive ketones (excluding diaryl/α,β-unsaturated/α-hetero) is 1. The van der Waals surface area contributed by atoms with E-state index in [2.05, 4.69) is 13.8 Å². The van der Waals surface area contributed by atoms with Gasteiger partial charge in [0.2, 0.25) is 0 Å². The first kappa shape index (κ1) is 30.2. The molecule has 0 heterocycles. The van der Waals surface area contributed by atoms with Crippen molar-refractivity contribution in [2.24, 2.45) is 5.92 Å². The van der Waals surface area contributed by atoms with Gasteiger partial charge in [-0.3, -0.25) is 4.79 Å². The number of hydrogen-bond donors (Lipinski definition) is 0. The van der Waals surface area contributed by atoms with Crippen molar-refractivity contribution in [2.75, 3.05) is 85.9 Å². The van der Waals surface area contributed by atoms with E-state index >= 15 is 0 Å². The van der Waals surface area contributed by atoms with E-state index in [9.17, 15) is 9.59 Å². The quantitative estimate of drug-likeness (QED) is 0.100. The molecule has 9 nitrogen and oxygen atoms in total. The molecule has 0 aliphatic heterocycles. The minimum absolute atomic E-state index is 0.0115. The predicted molar refractivity (Wildman–Crippen MR) is 126 cm³/mol. The predicted octanol–water partition coefficient (Wildman–Crippen LogP) is 2.56. The molecule has 0 radical (unpaired) electrons. The van der Waals surface area contributed by atoms with Gasteiger partial charge in [-0.1, -0.05) is 50.6 Å². The molecule has 0 bridgehead atoms. The summed E-state index contributed by atoms with van der Waals surface area (Å²) in [6.07, 6.45) is 1.12. The average molecular weight is 485 g/mol. The summed E-state index contributed by atoms with van der Waals surface area (Å²) in [6.45, 7) is 10.2. The van der Waals surface area contributed by atoms with Crippen LogP contribution in [-0.2, 0) is 38.0 Å². The third-order valence-corrected chi connectivity index (χ3v) is 4.64. The Labute approximate surface area is 202 Å². The van der Waals surface area contributed by atoms with Gasteiger partial charge in [-0.05, 0) is 5.92 Å². The van der Waals surface area contributed by atoms with Crippen molar-refractivity contribution in [3.8, 4) is 0 Å². The van der Waals surface area contributed by atoms with Gasteiger partial charge < -0.3 is 33.2 Å². The zero-order chi connectivity index (χ0) is 24.7. The van der Waals surface area contributed by atoms with Crippen LogP contribution in [0.4, 0.5) is 0 Å². The van der Waals surface area contributed by atoms with Crippen LogP contribution in [0.5, 0.6) is 0 Å². The Morgan fingerprint density at radius 2 is 1.06 bits per heavy atom. The fraction of sp³-hybridized carbons (Fsp3) is 0.680. The van der Waals surface area contributed by atoms with Gasteiger partial charge in [0.05, 0.1) is 72.7 Å². The minimum Gasteiger partial charge on any atom is -0.457 e. The molecule has 0 N–H and O–H groups in total. The molecule has 0 spiro atoms. The largest absolute Gasteiger partial charge is 0.457 e. The summed E-state index contributed by atoms with van der Waals surface area (Å²) in [5, 5.41) is 0. The van der Waals surface area contributed by atoms with Crippen LogP contribution in [0.2, 0.25) is 0 Å². The third-order valence-electron chi connectivity index (χ3n) is 4.64. The molecule has 1 aromatic carbocycles. The number of ketones is 1. The summed E-state index contributed by atoms with van der Waals surface area (Å²) < 4.78 is 37.4. The number of esters is 1. The van der Waals surface area contributed by atoms with Crippen molar-refractivity contribution in [3.05, 3.63) is 35.9 Å². The number of benzene rings is 1. The highest BCUT2D eigenvalue weighted by molar-refractivity contribution is 6.40. The second-order valence-corrected chi connectivity index (χ2v) is 7.48. The van der Waals surface area contributed by atoms with Crippen molar-refractivity contribution >= 4 is 11.8 Å². The van der Waals surface area contributed by atoms with Crippen molar-refractivity contribution in [3.63, 3.8) is 0 Å². The van der Waals surface area contributed by atoms with Gasteiger partial charge in [0.15, 0.2) is 0 Å². The zero-order valence-electron chi connectivity index (χ0n) is 20.5. The Morgan fingerprint density at radius 1 is 0.647 bits per heavy atom. The van der Waals surface area contributed by atoms with E-state index in [4.69, 9.17) is 33.2 Å². The molecule has 0 aliphatic carbocycles. The van der Waals surface area contributed by atoms with Gasteiger partial charge >= 0.3 is 5.97 Å². The van der Waals surface area contributed by atoms with Crippen LogP contribution >= 0.6 is 0 Å². The first-order valence-corrected chi connectivity index (χ1v) is 11.9. The van der Waals surface area contributed by atoms with Gasteiger partial charge in [-0.2, -0.15) is 0 Å². The Bertz CT molecular complexity index is 624. The van der Waals surface area contributed by atoms with Crippen molar-refractivity contribution < 1.29 is 42.7 Å². The maximum absolute atomic E-state index is 11.8. The Balaban J connectivity index is 1.76. The van der Waals surface area contributed by atoms with Crippen molar-refractivity contribution in [1.29, 1.82) is 0 Å². The van der Waals surface area contributed by atoms with Crippen LogP contribution in [0, 0.1) is 5.92 Å². The summed E-state index contributed by atoms with van der Waals surface area (Å²) in [5.74, 6) is -0.966. The third kappa shape index (κ3) is 16.7. The van der Waals surface area contributed by atoms with E-state index in [0.717, 1.165) is 13.0 Å². The molecule has 0 amide bonds. The van der Waals surface area contributed by atoms with Crippen LogP contribution in [0.15, 0.2) is 30.3 Å². The normalized spacial score (nSPS) is 11.9. The maximum atomic E-state index is 11.8. The molecule has 0 fully saturated rings. The number of rotatable bonds is 23. The summed E-state index contributed by atoms with van der Waals surface area (Å²) in [5.41, 5.74) is 0.304. The molecule has 0 aromatic heterocycles. The van der Waals surface area contributed by atoms with Crippen LogP contribution in [-0.4, -0.2) is 97.6 Å². The molecule has 194 valence electrons. The first-order valence-electron chi connectivity index (χ1n) is 11.9. The summed E-state index contributed by atoms with van der Waals surface area (Å²) in [7, 11) is 0. The van der Waals surface area contributed by atoms with E-state index in [0.29, 0.717) is 77.6 Å². The fourth-order valence-corrected chi connectivity index (χ4v) is 2.47. The van der Waals surface area contributed by atoms with E-state index < -0.39 is 11.8 Å². The van der Waals surface area contributed by atoms with Crippen LogP contribution in [0.1, 0.15) is 30.6 Å². The molecule has 1 rings (SSSR count). The molecule has 1 unspecified atom stereocenters. The standard InChI is InChI=1S/C25H40O9/c1-3-22(2)21-33-18-17-31-14-13-29-10-9-28-11-12-30-15-16-32-19-20-34-25(27)24(26)23-7-5-4-6-8-23/h4-8,22H,3,9-21H2,1-2H3. The summed E-state index contributed by atoms with van der Waals surface area (Å²) >= 11 is 0. The van der Waals surface area contributed by atoms with Crippen LogP contribution in [0.3, 0.4) is 0 Å². The lowest BCUT2D eigenvalue weighted by Gasteiger charge is -2.10. The van der Waals surface area contributed by atoms with Crippen LogP contribution < -0.4 is 0 Å². The molecule has 0 saturated heterocycles. The number of hydrogen-bond acceptors (Lipinski definition) is 9. The number of carbonyl (C=O) groups excluding carboxylic acids is 2. The smallest absolute Gasteiger partial charge is 0.379 e. The lowest BCUT2D eigenvalue weighted by atomic mass is 10.1. The molecule has 0 aliphatic rings. The van der Waals surface area contributed by atoms with E-state index in [1.807, 2.05) is 0 Å². The summed E-state index contributed by atoms with van der Waals surface area (Å²) in [6, 6.07) is 8.28. The van der Waals surface area contributed by atoms with E-state index in [1.54, 1.807) is 30.3 Å². The fourth-order valence-electron chi connectivity index (χ4n) is 2.47. The van der Waals surface area contributed by atoms with E-state index in [-0.39, 0.29) is 13.2 Å². The van der Waals surface area contributed by atoms with Crippen LogP contribution in [0.25, 0.3) is 0 Å². The Kier molecular flexibility index (Phi) is 19.2. The second kappa shape index (κ2) is 21.6. The highest BCUT2D eigenvalue weighted by atomic mass is 16.6. The highest BCUT2D eigenvalue weighted by Crippen LogP contribution is 2.01. The Morgan fingerprint density at radius 3 is 1.50 bits per heavy atom. The molecular formula is C25H40O9. The maximum Gasteiger partial charge on any atom is 0.379 e. The second-order valence-electron chi connectivity index (χ2n) is 7.48. The Hall–Kier alpha value is -1.88. The van der Waals surface area contributed by atoms with Gasteiger partial charge in [-0.15, -0.1) is 0 Å². The van der Waals surface area contributed by atoms with Crippen molar-refractivity contribution in [2.45, 2.75) is 20.3 Å². The lowest BCUT2D eigenvalue weighted by molar-refractivity contribution is -0.139. The number of carbonyl (C=O) groups is 2. The SMILES string of the molecule is CCC(C)COCCOCCOCCOCCOCCOCCOC(=O)C(=O)c1ccccc1. The molecule has 1 atom stereocenters. The zero-order valence-corrected chi connectivity index (χ0v) is 20.5. The first-order chi connectivity index (χ1) is 16.6. The highest BCUT2D eigenvalue weighted by Gasteiger charge is 2.17. The monoisotopic (exact) mass is 484 g/mol. The van der Waals surface area contributed by atoms with Gasteiger partial charge in [0, 0.05) is 12.2 Å². The minimum atomic E-state index is -0.887. The van der Waals surface area contributed by atoms with Gasteiger partial charge in [0.25, 0.3) is 5.78 Å². The van der Waals surface area contributed by atoms with Gasteiger partial charge in [0.1, 0.15) is 6.61 Å². The lowest BCUT2D eigenvalue weighted by Crippen LogP contribution is -2.20. The molecular weight excluding hydrogens is 444 g/mol. The molecule has 9 heteroatoms. The van der Waals surface area contributed by atoms with E-state index in [1.165, 1.54) is 0 Å². The molecule has 34 heavy (non-hydrogen) atoms. The number of ether oxygens (including phenoxy) is 7. The topological polar surface area (TPSA) is 98.8 Å². The average Bonchev–Trinajstić information content (AvgIpc) is 2.87. The molecule has 0 saturated carbocycles. The van der Waals surface area contributed by atoms with Crippen molar-refractivity contribution in [1.82, 2.24) is 0 Å².